The van der Waals surface area contributed by atoms with Gasteiger partial charge in [-0.15, -0.1) is 0 Å². The first-order chi connectivity index (χ1) is 29.5. The van der Waals surface area contributed by atoms with Gasteiger partial charge in [0, 0.05) is 12.8 Å². The molecular formula is C54H105NO5. The SMILES string of the molecule is CCCCCC/C=C\CCCCCCCC(=O)OCCCCCCCCCCCCCCCCCCC(=O)NC(CO)C(O)CCCCCCCCCCCCCCCC. The second kappa shape index (κ2) is 50.2. The van der Waals surface area contributed by atoms with Crippen molar-refractivity contribution in [3.63, 3.8) is 0 Å². The highest BCUT2D eigenvalue weighted by atomic mass is 16.5. The highest BCUT2D eigenvalue weighted by molar-refractivity contribution is 5.76. The molecule has 0 radical (unpaired) electrons. The van der Waals surface area contributed by atoms with Crippen LogP contribution in [-0.2, 0) is 14.3 Å². The maximum absolute atomic E-state index is 12.4. The standard InChI is InChI=1S/C54H105NO5/c1-3-5-7-9-11-13-15-17-23-26-30-34-38-42-46-52(57)51(50-56)55-53(58)47-43-39-35-31-27-24-20-18-19-21-25-29-33-37-41-45-49-60-54(59)48-44-40-36-32-28-22-16-14-12-10-8-6-4-2/h14,16,51-52,56-57H,3-13,15,17-50H2,1-2H3,(H,55,58)/b16-14-. The molecule has 0 aromatic heterocycles. The van der Waals surface area contributed by atoms with Crippen LogP contribution >= 0.6 is 0 Å². The van der Waals surface area contributed by atoms with E-state index < -0.39 is 12.1 Å². The van der Waals surface area contributed by atoms with E-state index >= 15 is 0 Å². The summed E-state index contributed by atoms with van der Waals surface area (Å²) in [7, 11) is 0. The van der Waals surface area contributed by atoms with E-state index in [1.165, 1.54) is 218 Å². The Hall–Kier alpha value is -1.40. The molecule has 0 aromatic carbocycles. The number of hydrogen-bond acceptors (Lipinski definition) is 5. The van der Waals surface area contributed by atoms with Crippen LogP contribution in [0.1, 0.15) is 296 Å². The summed E-state index contributed by atoms with van der Waals surface area (Å²) >= 11 is 0. The van der Waals surface area contributed by atoms with Gasteiger partial charge in [-0.1, -0.05) is 244 Å². The molecule has 2 atom stereocenters. The van der Waals surface area contributed by atoms with Gasteiger partial charge in [0.1, 0.15) is 0 Å². The summed E-state index contributed by atoms with van der Waals surface area (Å²) in [6.45, 7) is 4.93. The Balaban J connectivity index is 3.42. The molecule has 3 N–H and O–H groups in total. The van der Waals surface area contributed by atoms with Crippen LogP contribution in [0.4, 0.5) is 0 Å². The second-order valence-corrected chi connectivity index (χ2v) is 18.6. The topological polar surface area (TPSA) is 95.9 Å². The van der Waals surface area contributed by atoms with E-state index in [4.69, 9.17) is 4.74 Å². The lowest BCUT2D eigenvalue weighted by molar-refractivity contribution is -0.143. The first-order valence-corrected chi connectivity index (χ1v) is 26.9. The van der Waals surface area contributed by atoms with E-state index in [9.17, 15) is 19.8 Å². The summed E-state index contributed by atoms with van der Waals surface area (Å²) in [5, 5.41) is 23.2. The second-order valence-electron chi connectivity index (χ2n) is 18.6. The summed E-state index contributed by atoms with van der Waals surface area (Å²) in [4.78, 5) is 24.5. The van der Waals surface area contributed by atoms with Crippen LogP contribution in [0.2, 0.25) is 0 Å². The number of carbonyl (C=O) groups is 2. The number of unbranched alkanes of at least 4 members (excludes halogenated alkanes) is 37. The summed E-state index contributed by atoms with van der Waals surface area (Å²) in [6.07, 6.45) is 57.5. The van der Waals surface area contributed by atoms with Gasteiger partial charge in [0.15, 0.2) is 0 Å². The van der Waals surface area contributed by atoms with E-state index in [-0.39, 0.29) is 18.5 Å². The Morgan fingerprint density at radius 3 is 1.20 bits per heavy atom. The average molecular weight is 848 g/mol. The number of ether oxygens (including phenoxy) is 1. The number of amides is 1. The van der Waals surface area contributed by atoms with Gasteiger partial charge in [-0.05, 0) is 51.4 Å². The molecule has 0 rings (SSSR count). The van der Waals surface area contributed by atoms with Crippen LogP contribution in [0.3, 0.4) is 0 Å². The fraction of sp³-hybridized carbons (Fsp3) is 0.926. The van der Waals surface area contributed by atoms with E-state index in [2.05, 4.69) is 31.3 Å². The number of aliphatic hydroxyl groups is 2. The lowest BCUT2D eigenvalue weighted by atomic mass is 10.0. The number of hydrogen-bond donors (Lipinski definition) is 3. The van der Waals surface area contributed by atoms with Crippen LogP contribution in [0.25, 0.3) is 0 Å². The van der Waals surface area contributed by atoms with Crippen molar-refractivity contribution >= 4 is 11.9 Å². The third-order valence-corrected chi connectivity index (χ3v) is 12.6. The molecular weight excluding hydrogens is 743 g/mol. The van der Waals surface area contributed by atoms with E-state index in [1.54, 1.807) is 0 Å². The van der Waals surface area contributed by atoms with Crippen LogP contribution in [0.5, 0.6) is 0 Å². The molecule has 0 saturated carbocycles. The molecule has 356 valence electrons. The minimum absolute atomic E-state index is 0.00578. The Labute approximate surface area is 374 Å². The maximum atomic E-state index is 12.4. The van der Waals surface area contributed by atoms with Crippen molar-refractivity contribution in [2.24, 2.45) is 0 Å². The molecule has 0 aliphatic carbocycles. The number of rotatable bonds is 50. The number of nitrogens with one attached hydrogen (secondary N) is 1. The van der Waals surface area contributed by atoms with E-state index in [0.717, 1.165) is 44.9 Å². The molecule has 6 heteroatoms. The first-order valence-electron chi connectivity index (χ1n) is 26.9. The molecule has 0 spiro atoms. The molecule has 0 aliphatic heterocycles. The summed E-state index contributed by atoms with van der Waals surface area (Å²) in [6, 6.07) is -0.545. The van der Waals surface area contributed by atoms with Gasteiger partial charge in [-0.3, -0.25) is 9.59 Å². The maximum Gasteiger partial charge on any atom is 0.305 e. The lowest BCUT2D eigenvalue weighted by Gasteiger charge is -2.22. The minimum Gasteiger partial charge on any atom is -0.466 e. The third kappa shape index (κ3) is 46.1. The largest absolute Gasteiger partial charge is 0.466 e. The van der Waals surface area contributed by atoms with E-state index in [0.29, 0.717) is 25.9 Å². The normalized spacial score (nSPS) is 12.7. The van der Waals surface area contributed by atoms with Crippen LogP contribution in [-0.4, -0.2) is 47.4 Å². The Morgan fingerprint density at radius 2 is 0.783 bits per heavy atom. The van der Waals surface area contributed by atoms with Gasteiger partial charge in [0.25, 0.3) is 0 Å². The molecule has 0 heterocycles. The molecule has 0 aromatic rings. The zero-order chi connectivity index (χ0) is 43.7. The minimum atomic E-state index is -0.667. The van der Waals surface area contributed by atoms with Crippen LogP contribution in [0, 0.1) is 0 Å². The van der Waals surface area contributed by atoms with E-state index in [1.807, 2.05) is 0 Å². The quantitative estimate of drug-likeness (QED) is 0.0322. The molecule has 60 heavy (non-hydrogen) atoms. The van der Waals surface area contributed by atoms with Crippen molar-refractivity contribution in [1.29, 1.82) is 0 Å². The molecule has 0 fully saturated rings. The van der Waals surface area contributed by atoms with Crippen molar-refractivity contribution in [1.82, 2.24) is 5.32 Å². The molecule has 2 unspecified atom stereocenters. The zero-order valence-corrected chi connectivity index (χ0v) is 40.5. The Kier molecular flexibility index (Phi) is 49.1. The van der Waals surface area contributed by atoms with Gasteiger partial charge in [0.05, 0.1) is 25.4 Å². The fourth-order valence-electron chi connectivity index (χ4n) is 8.40. The van der Waals surface area contributed by atoms with Crippen LogP contribution < -0.4 is 5.32 Å². The lowest BCUT2D eigenvalue weighted by Crippen LogP contribution is -2.45. The number of aliphatic hydroxyl groups excluding tert-OH is 2. The summed E-state index contributed by atoms with van der Waals surface area (Å²) in [5.74, 6) is -0.0467. The van der Waals surface area contributed by atoms with Crippen molar-refractivity contribution in [2.45, 2.75) is 309 Å². The molecule has 0 bridgehead atoms. The summed E-state index contributed by atoms with van der Waals surface area (Å²) in [5.41, 5.74) is 0. The average Bonchev–Trinajstić information content (AvgIpc) is 3.25. The highest BCUT2D eigenvalue weighted by Gasteiger charge is 2.20. The zero-order valence-electron chi connectivity index (χ0n) is 40.5. The number of esters is 1. The molecule has 0 saturated heterocycles. The van der Waals surface area contributed by atoms with Crippen molar-refractivity contribution in [3.8, 4) is 0 Å². The van der Waals surface area contributed by atoms with Gasteiger partial charge in [-0.25, -0.2) is 0 Å². The molecule has 0 aliphatic rings. The predicted octanol–water partition coefficient (Wildman–Crippen LogP) is 16.1. The number of carbonyl (C=O) groups excluding carboxylic acids is 2. The van der Waals surface area contributed by atoms with Gasteiger partial charge in [0.2, 0.25) is 5.91 Å². The fourth-order valence-corrected chi connectivity index (χ4v) is 8.40. The predicted molar refractivity (Wildman–Crippen MR) is 260 cm³/mol. The van der Waals surface area contributed by atoms with Crippen molar-refractivity contribution in [2.75, 3.05) is 13.2 Å². The van der Waals surface area contributed by atoms with Gasteiger partial charge >= 0.3 is 5.97 Å². The Bertz CT molecular complexity index is 893. The van der Waals surface area contributed by atoms with Crippen molar-refractivity contribution < 1.29 is 24.5 Å². The van der Waals surface area contributed by atoms with Gasteiger partial charge < -0.3 is 20.3 Å². The van der Waals surface area contributed by atoms with Crippen LogP contribution in [0.15, 0.2) is 12.2 Å². The Morgan fingerprint density at radius 1 is 0.450 bits per heavy atom. The highest BCUT2D eigenvalue weighted by Crippen LogP contribution is 2.17. The summed E-state index contributed by atoms with van der Waals surface area (Å²) < 4.78 is 5.46. The third-order valence-electron chi connectivity index (χ3n) is 12.6. The smallest absolute Gasteiger partial charge is 0.305 e. The molecule has 6 nitrogen and oxygen atoms in total. The monoisotopic (exact) mass is 848 g/mol. The first kappa shape index (κ1) is 58.6. The number of allylic oxidation sites excluding steroid dienone is 2. The molecule has 1 amide bonds. The van der Waals surface area contributed by atoms with Crippen molar-refractivity contribution in [3.05, 3.63) is 12.2 Å². The van der Waals surface area contributed by atoms with Gasteiger partial charge in [-0.2, -0.15) is 0 Å².